The fourth-order valence-corrected chi connectivity index (χ4v) is 3.57. The van der Waals surface area contributed by atoms with Crippen molar-refractivity contribution in [2.24, 2.45) is 5.84 Å². The molecule has 1 atom stereocenters. The Hall–Kier alpha value is -1.75. The molecule has 0 aliphatic carbocycles. The molecule has 0 aliphatic heterocycles. The minimum Gasteiger partial charge on any atom is -0.271 e. The third-order valence-electron chi connectivity index (χ3n) is 3.63. The molecule has 0 saturated carbocycles. The van der Waals surface area contributed by atoms with Gasteiger partial charge in [-0.1, -0.05) is 18.2 Å². The first-order valence-electron chi connectivity index (χ1n) is 6.57. The van der Waals surface area contributed by atoms with Crippen LogP contribution in [-0.2, 0) is 0 Å². The van der Waals surface area contributed by atoms with Gasteiger partial charge in [0.2, 0.25) is 0 Å². The van der Waals surface area contributed by atoms with Gasteiger partial charge in [-0.15, -0.1) is 11.3 Å². The van der Waals surface area contributed by atoms with E-state index in [1.165, 1.54) is 20.9 Å². The Balaban J connectivity index is 2.16. The summed E-state index contributed by atoms with van der Waals surface area (Å²) in [6.45, 7) is 4.27. The highest BCUT2D eigenvalue weighted by Gasteiger charge is 2.18. The molecule has 0 aliphatic rings. The highest BCUT2D eigenvalue weighted by atomic mass is 32.1. The average molecular weight is 283 g/mol. The van der Waals surface area contributed by atoms with Crippen LogP contribution in [0.5, 0.6) is 0 Å². The smallest absolute Gasteiger partial charge is 0.0809 e. The normalized spacial score (nSPS) is 12.8. The highest BCUT2D eigenvalue weighted by Crippen LogP contribution is 2.33. The Morgan fingerprint density at radius 1 is 1.20 bits per heavy atom. The molecule has 0 spiro atoms. The zero-order chi connectivity index (χ0) is 14.1. The van der Waals surface area contributed by atoms with Gasteiger partial charge >= 0.3 is 0 Å². The van der Waals surface area contributed by atoms with Crippen molar-refractivity contribution < 1.29 is 0 Å². The number of hydrogen-bond acceptors (Lipinski definition) is 4. The molecular weight excluding hydrogens is 266 g/mol. The van der Waals surface area contributed by atoms with Crippen LogP contribution in [0.15, 0.2) is 42.6 Å². The van der Waals surface area contributed by atoms with Gasteiger partial charge < -0.3 is 0 Å². The zero-order valence-corrected chi connectivity index (χ0v) is 12.4. The highest BCUT2D eigenvalue weighted by molar-refractivity contribution is 7.12. The lowest BCUT2D eigenvalue weighted by atomic mass is 10.00. The van der Waals surface area contributed by atoms with Crippen LogP contribution in [0.3, 0.4) is 0 Å². The first-order valence-corrected chi connectivity index (χ1v) is 7.39. The number of nitrogens with one attached hydrogen (secondary N) is 1. The number of aryl methyl sites for hydroxylation is 2. The largest absolute Gasteiger partial charge is 0.271 e. The molecule has 2 heterocycles. The Labute approximate surface area is 122 Å². The summed E-state index contributed by atoms with van der Waals surface area (Å²) in [6.07, 6.45) is 1.82. The van der Waals surface area contributed by atoms with Crippen LogP contribution in [-0.4, -0.2) is 4.98 Å². The maximum atomic E-state index is 5.82. The van der Waals surface area contributed by atoms with E-state index in [1.54, 1.807) is 11.3 Å². The number of nitrogens with two attached hydrogens (primary N) is 1. The molecule has 3 rings (SSSR count). The van der Waals surface area contributed by atoms with Crippen molar-refractivity contribution in [2.45, 2.75) is 19.9 Å². The number of rotatable bonds is 3. The monoisotopic (exact) mass is 283 g/mol. The number of pyridine rings is 1. The summed E-state index contributed by atoms with van der Waals surface area (Å²) in [5.74, 6) is 5.82. The van der Waals surface area contributed by atoms with Gasteiger partial charge in [-0.05, 0) is 43.2 Å². The Morgan fingerprint density at radius 2 is 2.05 bits per heavy atom. The lowest BCUT2D eigenvalue weighted by Gasteiger charge is -2.16. The minimum absolute atomic E-state index is 0.000278. The van der Waals surface area contributed by atoms with Crippen molar-refractivity contribution >= 4 is 22.2 Å². The summed E-state index contributed by atoms with van der Waals surface area (Å²) in [7, 11) is 0. The van der Waals surface area contributed by atoms with E-state index in [0.29, 0.717) is 0 Å². The van der Waals surface area contributed by atoms with E-state index in [-0.39, 0.29) is 6.04 Å². The van der Waals surface area contributed by atoms with Crippen LogP contribution < -0.4 is 11.3 Å². The molecule has 3 aromatic rings. The number of aromatic nitrogens is 1. The van der Waals surface area contributed by atoms with Crippen LogP contribution in [0.4, 0.5) is 0 Å². The number of benzene rings is 1. The first kappa shape index (κ1) is 13.2. The topological polar surface area (TPSA) is 50.9 Å². The summed E-state index contributed by atoms with van der Waals surface area (Å²) in [4.78, 5) is 6.98. The van der Waals surface area contributed by atoms with Crippen molar-refractivity contribution in [3.63, 3.8) is 0 Å². The molecule has 3 nitrogen and oxygen atoms in total. The summed E-state index contributed by atoms with van der Waals surface area (Å²) < 4.78 is 0. The molecule has 1 aromatic carbocycles. The van der Waals surface area contributed by atoms with Gasteiger partial charge in [0, 0.05) is 21.3 Å². The molecule has 3 N–H and O–H groups in total. The fraction of sp³-hybridized carbons (Fsp3) is 0.188. The SMILES string of the molecule is Cc1cc(C(NN)c2cccc3ncccc23)sc1C. The second kappa shape index (κ2) is 5.32. The second-order valence-electron chi connectivity index (χ2n) is 4.90. The first-order chi connectivity index (χ1) is 9.70. The van der Waals surface area contributed by atoms with E-state index >= 15 is 0 Å². The number of fused-ring (bicyclic) bond motifs is 1. The quantitative estimate of drug-likeness (QED) is 0.571. The predicted octanol–water partition coefficient (Wildman–Crippen LogP) is 3.47. The van der Waals surface area contributed by atoms with E-state index in [0.717, 1.165) is 10.9 Å². The van der Waals surface area contributed by atoms with Gasteiger partial charge in [0.05, 0.1) is 11.6 Å². The van der Waals surface area contributed by atoms with Crippen molar-refractivity contribution in [1.29, 1.82) is 0 Å². The predicted molar refractivity (Wildman–Crippen MR) is 84.7 cm³/mol. The Kier molecular flexibility index (Phi) is 3.53. The van der Waals surface area contributed by atoms with Gasteiger partial charge in [0.1, 0.15) is 0 Å². The molecule has 4 heteroatoms. The van der Waals surface area contributed by atoms with Gasteiger partial charge in [-0.3, -0.25) is 10.8 Å². The third-order valence-corrected chi connectivity index (χ3v) is 4.84. The standard InChI is InChI=1S/C16H17N3S/c1-10-9-15(20-11(10)2)16(19-17)13-5-3-7-14-12(13)6-4-8-18-14/h3-9,16,19H,17H2,1-2H3. The summed E-state index contributed by atoms with van der Waals surface area (Å²) >= 11 is 1.79. The van der Waals surface area contributed by atoms with Gasteiger partial charge in [-0.25, -0.2) is 5.43 Å². The van der Waals surface area contributed by atoms with Crippen LogP contribution >= 0.6 is 11.3 Å². The molecular formula is C16H17N3S. The molecule has 1 unspecified atom stereocenters. The number of nitrogens with zero attached hydrogens (tertiary/aromatic N) is 1. The summed E-state index contributed by atoms with van der Waals surface area (Å²) in [5.41, 5.74) is 6.42. The molecule has 0 amide bonds. The maximum absolute atomic E-state index is 5.82. The maximum Gasteiger partial charge on any atom is 0.0809 e. The number of thiophene rings is 1. The fourth-order valence-electron chi connectivity index (χ4n) is 2.45. The number of hydrogen-bond donors (Lipinski definition) is 2. The average Bonchev–Trinajstić information content (AvgIpc) is 2.79. The van der Waals surface area contributed by atoms with E-state index < -0.39 is 0 Å². The van der Waals surface area contributed by atoms with Crippen molar-refractivity contribution in [3.05, 3.63) is 63.5 Å². The number of hydrazine groups is 1. The van der Waals surface area contributed by atoms with E-state index in [1.807, 2.05) is 24.4 Å². The lowest BCUT2D eigenvalue weighted by molar-refractivity contribution is 0.650. The van der Waals surface area contributed by atoms with Crippen molar-refractivity contribution in [2.75, 3.05) is 0 Å². The summed E-state index contributed by atoms with van der Waals surface area (Å²) in [6, 6.07) is 12.4. The van der Waals surface area contributed by atoms with Crippen LogP contribution in [0.1, 0.15) is 26.9 Å². The molecule has 102 valence electrons. The Morgan fingerprint density at radius 3 is 2.75 bits per heavy atom. The van der Waals surface area contributed by atoms with E-state index in [2.05, 4.69) is 42.5 Å². The second-order valence-corrected chi connectivity index (χ2v) is 6.19. The molecule has 0 saturated heterocycles. The zero-order valence-electron chi connectivity index (χ0n) is 11.6. The van der Waals surface area contributed by atoms with Gasteiger partial charge in [0.15, 0.2) is 0 Å². The molecule has 0 bridgehead atoms. The van der Waals surface area contributed by atoms with Crippen LogP contribution in [0.25, 0.3) is 10.9 Å². The molecule has 20 heavy (non-hydrogen) atoms. The Bertz CT molecular complexity index is 724. The van der Waals surface area contributed by atoms with Crippen LogP contribution in [0.2, 0.25) is 0 Å². The van der Waals surface area contributed by atoms with Crippen molar-refractivity contribution in [3.8, 4) is 0 Å². The summed E-state index contributed by atoms with van der Waals surface area (Å²) in [5, 5.41) is 1.14. The third kappa shape index (κ3) is 2.22. The molecule has 0 fully saturated rings. The van der Waals surface area contributed by atoms with Gasteiger partial charge in [-0.2, -0.15) is 0 Å². The van der Waals surface area contributed by atoms with Gasteiger partial charge in [0.25, 0.3) is 0 Å². The van der Waals surface area contributed by atoms with Crippen molar-refractivity contribution in [1.82, 2.24) is 10.4 Å². The lowest BCUT2D eigenvalue weighted by Crippen LogP contribution is -2.28. The van der Waals surface area contributed by atoms with E-state index in [4.69, 9.17) is 5.84 Å². The molecule has 0 radical (unpaired) electrons. The van der Waals surface area contributed by atoms with Crippen LogP contribution in [0, 0.1) is 13.8 Å². The van der Waals surface area contributed by atoms with E-state index in [9.17, 15) is 0 Å². The minimum atomic E-state index is 0.000278. The molecule has 2 aromatic heterocycles.